The van der Waals surface area contributed by atoms with Crippen molar-refractivity contribution in [1.82, 2.24) is 5.43 Å². The van der Waals surface area contributed by atoms with Crippen molar-refractivity contribution in [2.45, 2.75) is 13.0 Å². The van der Waals surface area contributed by atoms with Gasteiger partial charge in [-0.25, -0.2) is 10.2 Å². The minimum atomic E-state index is -0.723. The first-order chi connectivity index (χ1) is 17.1. The highest BCUT2D eigenvalue weighted by atomic mass is 16.5. The van der Waals surface area contributed by atoms with Crippen LogP contribution in [0.1, 0.15) is 18.1 Å². The van der Waals surface area contributed by atoms with E-state index in [-0.39, 0.29) is 5.91 Å². The van der Waals surface area contributed by atoms with Gasteiger partial charge < -0.3 is 9.47 Å². The highest BCUT2D eigenvalue weighted by molar-refractivity contribution is 5.89. The number of nitrogens with one attached hydrogen (secondary N) is 1. The van der Waals surface area contributed by atoms with Gasteiger partial charge in [-0.15, -0.1) is 0 Å². The molecule has 1 atom stereocenters. The minimum Gasteiger partial charge on any atom is -0.481 e. The highest BCUT2D eigenvalue weighted by Gasteiger charge is 2.14. The third-order valence-corrected chi connectivity index (χ3v) is 5.10. The molecule has 0 aliphatic carbocycles. The van der Waals surface area contributed by atoms with E-state index < -0.39 is 12.1 Å². The molecule has 1 unspecified atom stereocenters. The van der Waals surface area contributed by atoms with E-state index in [0.29, 0.717) is 11.5 Å². The summed E-state index contributed by atoms with van der Waals surface area (Å²) in [6, 6.07) is 29.9. The second-order valence-electron chi connectivity index (χ2n) is 7.74. The van der Waals surface area contributed by atoms with E-state index in [2.05, 4.69) is 10.5 Å². The van der Waals surface area contributed by atoms with Gasteiger partial charge in [0.1, 0.15) is 11.5 Å². The molecule has 35 heavy (non-hydrogen) atoms. The predicted octanol–water partition coefficient (Wildman–Crippen LogP) is 5.38. The lowest BCUT2D eigenvalue weighted by Crippen LogP contribution is -2.33. The number of carbonyl (C=O) groups is 2. The topological polar surface area (TPSA) is 77.0 Å². The SMILES string of the molecule is CC(Oc1ccc2ccccc2c1)C(=O)NN=Cc1ccc(OC(=O)C=Cc2ccccc2)cc1. The molecule has 0 aromatic heterocycles. The monoisotopic (exact) mass is 464 g/mol. The summed E-state index contributed by atoms with van der Waals surface area (Å²) >= 11 is 0. The van der Waals surface area contributed by atoms with Gasteiger partial charge in [0, 0.05) is 6.08 Å². The van der Waals surface area contributed by atoms with Crippen LogP contribution in [0.5, 0.6) is 11.5 Å². The van der Waals surface area contributed by atoms with Crippen molar-refractivity contribution in [2.75, 3.05) is 0 Å². The van der Waals surface area contributed by atoms with Crippen molar-refractivity contribution >= 4 is 34.9 Å². The molecule has 6 nitrogen and oxygen atoms in total. The lowest BCUT2D eigenvalue weighted by Gasteiger charge is -2.13. The normalized spacial score (nSPS) is 12.0. The van der Waals surface area contributed by atoms with E-state index in [9.17, 15) is 9.59 Å². The number of amides is 1. The lowest BCUT2D eigenvalue weighted by molar-refractivity contribution is -0.129. The third-order valence-electron chi connectivity index (χ3n) is 5.10. The van der Waals surface area contributed by atoms with Gasteiger partial charge in [-0.3, -0.25) is 4.79 Å². The number of hydrogen-bond acceptors (Lipinski definition) is 5. The average molecular weight is 465 g/mol. The molecular formula is C29H24N2O4. The van der Waals surface area contributed by atoms with E-state index in [0.717, 1.165) is 21.9 Å². The molecule has 174 valence electrons. The van der Waals surface area contributed by atoms with Crippen molar-refractivity contribution in [3.63, 3.8) is 0 Å². The molecule has 0 saturated heterocycles. The van der Waals surface area contributed by atoms with Gasteiger partial charge in [0.25, 0.3) is 5.91 Å². The molecule has 4 aromatic rings. The molecule has 1 N–H and O–H groups in total. The first kappa shape index (κ1) is 23.4. The number of esters is 1. The maximum Gasteiger partial charge on any atom is 0.336 e. The summed E-state index contributed by atoms with van der Waals surface area (Å²) in [5.41, 5.74) is 4.12. The molecule has 0 aliphatic heterocycles. The van der Waals surface area contributed by atoms with Crippen LogP contribution in [0.4, 0.5) is 0 Å². The Hall–Kier alpha value is -4.71. The number of benzene rings is 4. The fourth-order valence-electron chi connectivity index (χ4n) is 3.26. The third kappa shape index (κ3) is 6.88. The molecule has 4 aromatic carbocycles. The number of fused-ring (bicyclic) bond motifs is 1. The van der Waals surface area contributed by atoms with Gasteiger partial charge in [-0.05, 0) is 71.3 Å². The van der Waals surface area contributed by atoms with E-state index in [1.54, 1.807) is 37.3 Å². The van der Waals surface area contributed by atoms with Gasteiger partial charge in [0.05, 0.1) is 6.21 Å². The molecule has 0 radical (unpaired) electrons. The number of nitrogens with zero attached hydrogens (tertiary/aromatic N) is 1. The van der Waals surface area contributed by atoms with Crippen molar-refractivity contribution in [3.8, 4) is 11.5 Å². The minimum absolute atomic E-state index is 0.370. The van der Waals surface area contributed by atoms with Crippen molar-refractivity contribution in [1.29, 1.82) is 0 Å². The zero-order valence-corrected chi connectivity index (χ0v) is 19.1. The van der Waals surface area contributed by atoms with Crippen LogP contribution >= 0.6 is 0 Å². The summed E-state index contributed by atoms with van der Waals surface area (Å²) in [5.74, 6) is 0.179. The Morgan fingerprint density at radius 2 is 1.49 bits per heavy atom. The Balaban J connectivity index is 1.25. The predicted molar refractivity (Wildman–Crippen MR) is 137 cm³/mol. The zero-order valence-electron chi connectivity index (χ0n) is 19.1. The standard InChI is InChI=1S/C29H24N2O4/c1-21(34-27-17-14-24-9-5-6-10-25(24)19-27)29(33)31-30-20-23-11-15-26(16-12-23)35-28(32)18-13-22-7-3-2-4-8-22/h2-21H,1H3,(H,31,33). The highest BCUT2D eigenvalue weighted by Crippen LogP contribution is 2.21. The number of rotatable bonds is 8. The van der Waals surface area contributed by atoms with Gasteiger partial charge in [-0.1, -0.05) is 60.7 Å². The Morgan fingerprint density at radius 3 is 2.26 bits per heavy atom. The van der Waals surface area contributed by atoms with Gasteiger partial charge in [0.15, 0.2) is 6.10 Å². The first-order valence-corrected chi connectivity index (χ1v) is 11.1. The van der Waals surface area contributed by atoms with Crippen LogP contribution in [0.25, 0.3) is 16.8 Å². The fourth-order valence-corrected chi connectivity index (χ4v) is 3.26. The molecule has 0 aliphatic rings. The lowest BCUT2D eigenvalue weighted by atomic mass is 10.1. The molecule has 0 saturated carbocycles. The van der Waals surface area contributed by atoms with Crippen LogP contribution < -0.4 is 14.9 Å². The number of hydrogen-bond donors (Lipinski definition) is 1. The maximum atomic E-state index is 12.3. The summed E-state index contributed by atoms with van der Waals surface area (Å²) in [6.45, 7) is 1.66. The van der Waals surface area contributed by atoms with Gasteiger partial charge >= 0.3 is 5.97 Å². The summed E-state index contributed by atoms with van der Waals surface area (Å²) in [6.07, 6.45) is 3.85. The molecule has 1 amide bonds. The second kappa shape index (κ2) is 11.4. The van der Waals surface area contributed by atoms with Crippen LogP contribution in [0.3, 0.4) is 0 Å². The zero-order chi connectivity index (χ0) is 24.5. The Labute approximate surface area is 203 Å². The molecular weight excluding hydrogens is 440 g/mol. The molecule has 4 rings (SSSR count). The molecule has 0 fully saturated rings. The maximum absolute atomic E-state index is 12.3. The Bertz CT molecular complexity index is 1360. The first-order valence-electron chi connectivity index (χ1n) is 11.1. The van der Waals surface area contributed by atoms with Crippen molar-refractivity contribution in [3.05, 3.63) is 114 Å². The average Bonchev–Trinajstić information content (AvgIpc) is 2.89. The smallest absolute Gasteiger partial charge is 0.336 e. The van der Waals surface area contributed by atoms with Crippen LogP contribution in [0, 0.1) is 0 Å². The van der Waals surface area contributed by atoms with Crippen LogP contribution in [0.15, 0.2) is 108 Å². The van der Waals surface area contributed by atoms with Crippen molar-refractivity contribution in [2.24, 2.45) is 5.10 Å². The Kier molecular flexibility index (Phi) is 7.66. The van der Waals surface area contributed by atoms with E-state index in [1.165, 1.54) is 12.3 Å². The number of hydrazone groups is 1. The van der Waals surface area contributed by atoms with Crippen LogP contribution in [-0.4, -0.2) is 24.2 Å². The largest absolute Gasteiger partial charge is 0.481 e. The van der Waals surface area contributed by atoms with Gasteiger partial charge in [-0.2, -0.15) is 5.10 Å². The number of ether oxygens (including phenoxy) is 2. The van der Waals surface area contributed by atoms with Crippen LogP contribution in [-0.2, 0) is 9.59 Å². The quantitative estimate of drug-likeness (QED) is 0.125. The molecule has 0 heterocycles. The Morgan fingerprint density at radius 1 is 0.800 bits per heavy atom. The molecule has 6 heteroatoms. The van der Waals surface area contributed by atoms with E-state index in [1.807, 2.05) is 72.8 Å². The summed E-state index contributed by atoms with van der Waals surface area (Å²) in [5, 5.41) is 6.13. The van der Waals surface area contributed by atoms with Gasteiger partial charge in [0.2, 0.25) is 0 Å². The van der Waals surface area contributed by atoms with Crippen molar-refractivity contribution < 1.29 is 19.1 Å². The summed E-state index contributed by atoms with van der Waals surface area (Å²) in [7, 11) is 0. The summed E-state index contributed by atoms with van der Waals surface area (Å²) in [4.78, 5) is 24.3. The number of carbonyl (C=O) groups excluding carboxylic acids is 2. The van der Waals surface area contributed by atoms with E-state index >= 15 is 0 Å². The molecule has 0 spiro atoms. The summed E-state index contributed by atoms with van der Waals surface area (Å²) < 4.78 is 11.0. The molecule has 0 bridgehead atoms. The fraction of sp³-hybridized carbons (Fsp3) is 0.0690. The van der Waals surface area contributed by atoms with Crippen LogP contribution in [0.2, 0.25) is 0 Å². The van der Waals surface area contributed by atoms with E-state index in [4.69, 9.17) is 9.47 Å². The second-order valence-corrected chi connectivity index (χ2v) is 7.74.